The molecule has 2 N–H and O–H groups in total. The second-order valence-corrected chi connectivity index (χ2v) is 5.60. The van der Waals surface area contributed by atoms with Gasteiger partial charge in [-0.3, -0.25) is 4.90 Å². The summed E-state index contributed by atoms with van der Waals surface area (Å²) in [5, 5.41) is 0. The molecule has 0 amide bonds. The molecular weight excluding hydrogens is 241 g/mol. The topological polar surface area (TPSA) is 32.5 Å². The predicted molar refractivity (Wildman–Crippen MR) is 76.6 cm³/mol. The minimum Gasteiger partial charge on any atom is -0.329 e. The summed E-state index contributed by atoms with van der Waals surface area (Å²) in [6.45, 7) is 7.88. The molecule has 1 heterocycles. The standard InChI is InChI=1S/C15H24FN3/c1-11-8-13(16)4-5-14(11)15(9-17)19-7-6-18(3)10-12(19)2/h4-5,8,12,15H,6-7,9-10,17H2,1-3H3. The Morgan fingerprint density at radius 3 is 2.74 bits per heavy atom. The van der Waals surface area contributed by atoms with Crippen LogP contribution in [0.5, 0.6) is 0 Å². The van der Waals surface area contributed by atoms with Crippen LogP contribution in [0.25, 0.3) is 0 Å². The zero-order valence-electron chi connectivity index (χ0n) is 12.1. The molecule has 19 heavy (non-hydrogen) atoms. The van der Waals surface area contributed by atoms with E-state index >= 15 is 0 Å². The molecule has 2 rings (SSSR count). The van der Waals surface area contributed by atoms with E-state index in [1.54, 1.807) is 6.07 Å². The van der Waals surface area contributed by atoms with Crippen LogP contribution in [0.1, 0.15) is 24.1 Å². The van der Waals surface area contributed by atoms with Crippen LogP contribution in [0.3, 0.4) is 0 Å². The summed E-state index contributed by atoms with van der Waals surface area (Å²) in [6, 6.07) is 5.67. The molecule has 1 aliphatic heterocycles. The normalized spacial score (nSPS) is 23.5. The smallest absolute Gasteiger partial charge is 0.123 e. The molecule has 106 valence electrons. The van der Waals surface area contributed by atoms with Crippen molar-refractivity contribution in [1.82, 2.24) is 9.80 Å². The van der Waals surface area contributed by atoms with Crippen LogP contribution in [0.2, 0.25) is 0 Å². The van der Waals surface area contributed by atoms with E-state index < -0.39 is 0 Å². The Morgan fingerprint density at radius 2 is 2.16 bits per heavy atom. The van der Waals surface area contributed by atoms with Crippen molar-refractivity contribution in [1.29, 1.82) is 0 Å². The highest BCUT2D eigenvalue weighted by Gasteiger charge is 2.28. The molecule has 0 radical (unpaired) electrons. The minimum atomic E-state index is -0.177. The first-order valence-electron chi connectivity index (χ1n) is 6.93. The van der Waals surface area contributed by atoms with Gasteiger partial charge >= 0.3 is 0 Å². The van der Waals surface area contributed by atoms with Crippen molar-refractivity contribution in [3.05, 3.63) is 35.1 Å². The van der Waals surface area contributed by atoms with Crippen molar-refractivity contribution in [3.63, 3.8) is 0 Å². The average Bonchev–Trinajstić information content (AvgIpc) is 2.34. The molecule has 4 heteroatoms. The van der Waals surface area contributed by atoms with E-state index in [0.717, 1.165) is 30.8 Å². The van der Waals surface area contributed by atoms with E-state index in [9.17, 15) is 4.39 Å². The number of likely N-dealkylation sites (N-methyl/N-ethyl adjacent to an activating group) is 1. The lowest BCUT2D eigenvalue weighted by Gasteiger charge is -2.43. The summed E-state index contributed by atoms with van der Waals surface area (Å²) in [7, 11) is 2.15. The lowest BCUT2D eigenvalue weighted by Crippen LogP contribution is -2.53. The fraction of sp³-hybridized carbons (Fsp3) is 0.600. The van der Waals surface area contributed by atoms with Gasteiger partial charge in [0.05, 0.1) is 0 Å². The maximum Gasteiger partial charge on any atom is 0.123 e. The van der Waals surface area contributed by atoms with E-state index in [2.05, 4.69) is 23.8 Å². The van der Waals surface area contributed by atoms with Gasteiger partial charge in [-0.05, 0) is 44.2 Å². The third-order valence-electron chi connectivity index (χ3n) is 4.10. The van der Waals surface area contributed by atoms with Crippen LogP contribution in [-0.4, -0.2) is 49.1 Å². The Balaban J connectivity index is 2.24. The number of rotatable bonds is 3. The number of benzene rings is 1. The Labute approximate surface area is 115 Å². The van der Waals surface area contributed by atoms with Crippen LogP contribution >= 0.6 is 0 Å². The summed E-state index contributed by atoms with van der Waals surface area (Å²) >= 11 is 0. The summed E-state index contributed by atoms with van der Waals surface area (Å²) < 4.78 is 13.2. The molecule has 0 saturated carbocycles. The van der Waals surface area contributed by atoms with Crippen molar-refractivity contribution in [2.75, 3.05) is 33.2 Å². The number of halogens is 1. The number of hydrogen-bond acceptors (Lipinski definition) is 3. The number of aryl methyl sites for hydroxylation is 1. The van der Waals surface area contributed by atoms with E-state index in [4.69, 9.17) is 5.73 Å². The summed E-state index contributed by atoms with van der Waals surface area (Å²) in [6.07, 6.45) is 0. The molecule has 2 atom stereocenters. The number of piperazine rings is 1. The van der Waals surface area contributed by atoms with Gasteiger partial charge in [0.25, 0.3) is 0 Å². The van der Waals surface area contributed by atoms with Gasteiger partial charge in [-0.2, -0.15) is 0 Å². The van der Waals surface area contributed by atoms with Gasteiger partial charge in [0.15, 0.2) is 0 Å². The van der Waals surface area contributed by atoms with Crippen molar-refractivity contribution in [3.8, 4) is 0 Å². The van der Waals surface area contributed by atoms with Crippen LogP contribution < -0.4 is 5.73 Å². The van der Waals surface area contributed by atoms with E-state index in [1.807, 2.05) is 13.0 Å². The van der Waals surface area contributed by atoms with Crippen LogP contribution in [0.4, 0.5) is 4.39 Å². The number of nitrogens with zero attached hydrogens (tertiary/aromatic N) is 2. The van der Waals surface area contributed by atoms with Gasteiger partial charge < -0.3 is 10.6 Å². The molecule has 1 aromatic carbocycles. The summed E-state index contributed by atoms with van der Waals surface area (Å²) in [4.78, 5) is 4.78. The fourth-order valence-electron chi connectivity index (χ4n) is 3.07. The van der Waals surface area contributed by atoms with E-state index in [0.29, 0.717) is 12.6 Å². The number of hydrogen-bond donors (Lipinski definition) is 1. The Hall–Kier alpha value is -0.970. The lowest BCUT2D eigenvalue weighted by atomic mass is 9.97. The minimum absolute atomic E-state index is 0.177. The fourth-order valence-corrected chi connectivity index (χ4v) is 3.07. The lowest BCUT2D eigenvalue weighted by molar-refractivity contribution is 0.0633. The van der Waals surface area contributed by atoms with Crippen LogP contribution in [-0.2, 0) is 0 Å². The maximum absolute atomic E-state index is 13.2. The Bertz CT molecular complexity index is 435. The molecule has 1 saturated heterocycles. The molecule has 0 aliphatic carbocycles. The van der Waals surface area contributed by atoms with Gasteiger partial charge in [0.2, 0.25) is 0 Å². The molecule has 2 unspecified atom stereocenters. The van der Waals surface area contributed by atoms with Gasteiger partial charge in [-0.1, -0.05) is 6.07 Å². The highest BCUT2D eigenvalue weighted by Crippen LogP contribution is 2.27. The van der Waals surface area contributed by atoms with Gasteiger partial charge in [-0.15, -0.1) is 0 Å². The highest BCUT2D eigenvalue weighted by atomic mass is 19.1. The monoisotopic (exact) mass is 265 g/mol. The Kier molecular flexibility index (Phi) is 4.55. The van der Waals surface area contributed by atoms with Crippen LogP contribution in [0.15, 0.2) is 18.2 Å². The zero-order valence-corrected chi connectivity index (χ0v) is 12.1. The largest absolute Gasteiger partial charge is 0.329 e. The second-order valence-electron chi connectivity index (χ2n) is 5.60. The van der Waals surface area contributed by atoms with Crippen LogP contribution in [0, 0.1) is 12.7 Å². The highest BCUT2D eigenvalue weighted by molar-refractivity contribution is 5.30. The van der Waals surface area contributed by atoms with Gasteiger partial charge in [0, 0.05) is 38.3 Å². The molecule has 3 nitrogen and oxygen atoms in total. The molecule has 0 aromatic heterocycles. The maximum atomic E-state index is 13.2. The van der Waals surface area contributed by atoms with E-state index in [-0.39, 0.29) is 11.9 Å². The van der Waals surface area contributed by atoms with Crippen molar-refractivity contribution < 1.29 is 4.39 Å². The first kappa shape index (κ1) is 14.4. The van der Waals surface area contributed by atoms with Gasteiger partial charge in [0.1, 0.15) is 5.82 Å². The molecule has 0 spiro atoms. The molecular formula is C15H24FN3. The molecule has 1 aromatic rings. The zero-order chi connectivity index (χ0) is 14.0. The van der Waals surface area contributed by atoms with Gasteiger partial charge in [-0.25, -0.2) is 4.39 Å². The van der Waals surface area contributed by atoms with Crippen molar-refractivity contribution in [2.24, 2.45) is 5.73 Å². The number of nitrogens with two attached hydrogens (primary N) is 1. The Morgan fingerprint density at radius 1 is 1.42 bits per heavy atom. The quantitative estimate of drug-likeness (QED) is 0.904. The third-order valence-corrected chi connectivity index (χ3v) is 4.10. The summed E-state index contributed by atoms with van der Waals surface area (Å²) in [5.74, 6) is -0.177. The average molecular weight is 265 g/mol. The van der Waals surface area contributed by atoms with Crippen molar-refractivity contribution >= 4 is 0 Å². The molecule has 1 aliphatic rings. The second kappa shape index (κ2) is 5.99. The summed E-state index contributed by atoms with van der Waals surface area (Å²) in [5.41, 5.74) is 8.13. The predicted octanol–water partition coefficient (Wildman–Crippen LogP) is 1.77. The third kappa shape index (κ3) is 3.14. The van der Waals surface area contributed by atoms with E-state index in [1.165, 1.54) is 6.07 Å². The van der Waals surface area contributed by atoms with Crippen molar-refractivity contribution in [2.45, 2.75) is 25.9 Å². The first-order chi connectivity index (χ1) is 9.02. The SMILES string of the molecule is Cc1cc(F)ccc1C(CN)N1CCN(C)CC1C. The molecule has 0 bridgehead atoms. The first-order valence-corrected chi connectivity index (χ1v) is 6.93. The molecule has 1 fully saturated rings.